The topological polar surface area (TPSA) is 174 Å². The predicted molar refractivity (Wildman–Crippen MR) is 175 cm³/mol. The fourth-order valence-electron chi connectivity index (χ4n) is 5.40. The lowest BCUT2D eigenvalue weighted by molar-refractivity contribution is -0.384. The quantitative estimate of drug-likeness (QED) is 0.157. The number of nitro groups is 1. The Hall–Kier alpha value is -4.18. The molecule has 3 amide bonds. The third-order valence-corrected chi connectivity index (χ3v) is 10.5. The Bertz CT molecular complexity index is 1710. The molecule has 0 aliphatic carbocycles. The summed E-state index contributed by atoms with van der Waals surface area (Å²) in [5.41, 5.74) is 1.74. The number of nitrogens with zero attached hydrogens (tertiary/aromatic N) is 3. The van der Waals surface area contributed by atoms with Gasteiger partial charge >= 0.3 is 6.03 Å². The van der Waals surface area contributed by atoms with Crippen molar-refractivity contribution in [2.24, 2.45) is 5.92 Å². The highest BCUT2D eigenvalue weighted by Crippen LogP contribution is 2.36. The summed E-state index contributed by atoms with van der Waals surface area (Å²) in [5, 5.41) is 31.4. The molecule has 244 valence electrons. The maximum Gasteiger partial charge on any atom is 0.322 e. The first-order valence-corrected chi connectivity index (χ1v) is 17.2. The Labute approximate surface area is 271 Å². The fourth-order valence-corrected chi connectivity index (χ4v) is 8.01. The lowest BCUT2D eigenvalue weighted by Gasteiger charge is -2.31. The van der Waals surface area contributed by atoms with Crippen LogP contribution < -0.4 is 20.9 Å². The maximum atomic E-state index is 13.9. The molecule has 2 heterocycles. The monoisotopic (exact) mass is 668 g/mol. The molecule has 1 fully saturated rings. The van der Waals surface area contributed by atoms with Crippen molar-refractivity contribution in [2.75, 3.05) is 35.7 Å². The third kappa shape index (κ3) is 7.61. The van der Waals surface area contributed by atoms with Gasteiger partial charge in [-0.05, 0) is 42.2 Å². The molecule has 0 spiro atoms. The Kier molecular flexibility index (Phi) is 10.2. The molecule has 0 radical (unpaired) electrons. The minimum absolute atomic E-state index is 0.0527. The van der Waals surface area contributed by atoms with Crippen LogP contribution in [0.2, 0.25) is 0 Å². The molecule has 4 N–H and O–H groups in total. The summed E-state index contributed by atoms with van der Waals surface area (Å²) < 4.78 is 29.0. The predicted octanol–water partition coefficient (Wildman–Crippen LogP) is 3.40. The van der Waals surface area contributed by atoms with Crippen LogP contribution in [-0.2, 0) is 21.2 Å². The Morgan fingerprint density at radius 2 is 1.89 bits per heavy atom. The number of fused-ring (bicyclic) bond motifs is 1. The van der Waals surface area contributed by atoms with E-state index in [1.54, 1.807) is 18.2 Å². The summed E-state index contributed by atoms with van der Waals surface area (Å²) in [4.78, 5) is 39.2. The average molecular weight is 669 g/mol. The Morgan fingerprint density at radius 1 is 1.13 bits per heavy atom. The normalized spacial score (nSPS) is 17.4. The van der Waals surface area contributed by atoms with Gasteiger partial charge in [-0.1, -0.05) is 50.2 Å². The molecule has 0 bridgehead atoms. The zero-order valence-electron chi connectivity index (χ0n) is 25.3. The SMILES string of the molecule is CC(C)CN(C[C@@H](O)[C@H](Cc1ccccc1)NC(=O)[C@@H]1CN(c2cccc([N+](=O)[O-])c2)C(=O)N1)S(=O)(=O)c1ccc2c(c1)SCN2. The highest BCUT2D eigenvalue weighted by Gasteiger charge is 2.37. The summed E-state index contributed by atoms with van der Waals surface area (Å²) in [7, 11) is -4.01. The number of carbonyl (C=O) groups is 2. The van der Waals surface area contributed by atoms with Crippen LogP contribution in [0.15, 0.2) is 82.6 Å². The van der Waals surface area contributed by atoms with Crippen molar-refractivity contribution in [2.45, 2.75) is 48.2 Å². The summed E-state index contributed by atoms with van der Waals surface area (Å²) in [6.45, 7) is 3.54. The fraction of sp³-hybridized carbons (Fsp3) is 0.355. The highest BCUT2D eigenvalue weighted by atomic mass is 32.2. The number of amides is 3. The Morgan fingerprint density at radius 3 is 2.61 bits per heavy atom. The van der Waals surface area contributed by atoms with Gasteiger partial charge in [0.05, 0.1) is 40.1 Å². The van der Waals surface area contributed by atoms with E-state index in [-0.39, 0.29) is 48.2 Å². The molecule has 3 atom stereocenters. The van der Waals surface area contributed by atoms with Crippen molar-refractivity contribution in [3.63, 3.8) is 0 Å². The van der Waals surface area contributed by atoms with Crippen LogP contribution >= 0.6 is 11.8 Å². The second-order valence-electron chi connectivity index (χ2n) is 11.6. The van der Waals surface area contributed by atoms with Crippen LogP contribution in [0, 0.1) is 16.0 Å². The van der Waals surface area contributed by atoms with E-state index in [0.717, 1.165) is 16.1 Å². The summed E-state index contributed by atoms with van der Waals surface area (Å²) in [6, 6.07) is 17.1. The minimum atomic E-state index is -4.01. The van der Waals surface area contributed by atoms with Gasteiger partial charge in [0.15, 0.2) is 0 Å². The van der Waals surface area contributed by atoms with E-state index >= 15 is 0 Å². The number of carbonyl (C=O) groups excluding carboxylic acids is 2. The van der Waals surface area contributed by atoms with Crippen LogP contribution in [0.5, 0.6) is 0 Å². The van der Waals surface area contributed by atoms with E-state index in [9.17, 15) is 33.2 Å². The average Bonchev–Trinajstić information content (AvgIpc) is 3.67. The molecule has 2 aliphatic rings. The number of aliphatic hydroxyl groups excluding tert-OH is 1. The van der Waals surface area contributed by atoms with E-state index in [0.29, 0.717) is 5.88 Å². The molecule has 15 heteroatoms. The molecule has 0 aromatic heterocycles. The number of nitrogens with one attached hydrogen (secondary N) is 3. The lowest BCUT2D eigenvalue weighted by atomic mass is 10.0. The van der Waals surface area contributed by atoms with Crippen LogP contribution in [0.25, 0.3) is 0 Å². The van der Waals surface area contributed by atoms with Gasteiger partial charge in [-0.15, -0.1) is 11.8 Å². The van der Waals surface area contributed by atoms with E-state index in [1.807, 2.05) is 44.2 Å². The van der Waals surface area contributed by atoms with Gasteiger partial charge in [-0.25, -0.2) is 13.2 Å². The van der Waals surface area contributed by atoms with Crippen LogP contribution in [0.1, 0.15) is 19.4 Å². The molecule has 2 aliphatic heterocycles. The number of urea groups is 1. The molecule has 5 rings (SSSR count). The van der Waals surface area contributed by atoms with E-state index < -0.39 is 45.1 Å². The molecule has 13 nitrogen and oxygen atoms in total. The zero-order valence-corrected chi connectivity index (χ0v) is 27.0. The van der Waals surface area contributed by atoms with Crippen molar-refractivity contribution in [1.29, 1.82) is 0 Å². The number of hydrogen-bond donors (Lipinski definition) is 4. The van der Waals surface area contributed by atoms with Crippen molar-refractivity contribution >= 4 is 50.8 Å². The van der Waals surface area contributed by atoms with Gasteiger partial charge in [-0.3, -0.25) is 19.8 Å². The first-order valence-electron chi connectivity index (χ1n) is 14.8. The van der Waals surface area contributed by atoms with Crippen molar-refractivity contribution in [3.05, 3.63) is 88.5 Å². The van der Waals surface area contributed by atoms with Gasteiger partial charge < -0.3 is 21.1 Å². The number of non-ortho nitro benzene ring substituents is 1. The summed E-state index contributed by atoms with van der Waals surface area (Å²) in [5.74, 6) is 0.0178. The van der Waals surface area contributed by atoms with Crippen LogP contribution in [0.4, 0.5) is 21.9 Å². The second kappa shape index (κ2) is 14.1. The van der Waals surface area contributed by atoms with Crippen molar-refractivity contribution in [1.82, 2.24) is 14.9 Å². The largest absolute Gasteiger partial charge is 0.390 e. The number of benzene rings is 3. The number of sulfonamides is 1. The number of nitro benzene ring substituents is 1. The molecule has 46 heavy (non-hydrogen) atoms. The standard InChI is InChI=1S/C31H36N6O7S2/c1-20(2)16-35(46(43,44)24-11-12-25-29(15-24)45-19-32-25)18-28(38)26(13-21-7-4-3-5-8-21)33-30(39)27-17-36(31(40)34-27)22-9-6-10-23(14-22)37(41)42/h3-12,14-15,20,26-28,32,38H,13,16-19H2,1-2H3,(H,33,39)(H,34,40)/t26-,27-,28+/m0/s1. The van der Waals surface area contributed by atoms with Crippen LogP contribution in [-0.4, -0.2) is 78.4 Å². The van der Waals surface area contributed by atoms with Gasteiger partial charge in [0.25, 0.3) is 5.69 Å². The minimum Gasteiger partial charge on any atom is -0.390 e. The molecule has 0 unspecified atom stereocenters. The van der Waals surface area contributed by atoms with Crippen molar-refractivity contribution < 1.29 is 28.0 Å². The van der Waals surface area contributed by atoms with Gasteiger partial charge in [-0.2, -0.15) is 4.31 Å². The number of anilines is 2. The van der Waals surface area contributed by atoms with Crippen molar-refractivity contribution in [3.8, 4) is 0 Å². The summed E-state index contributed by atoms with van der Waals surface area (Å²) >= 11 is 1.51. The summed E-state index contributed by atoms with van der Waals surface area (Å²) in [6.07, 6.45) is -1.12. The van der Waals surface area contributed by atoms with E-state index in [4.69, 9.17) is 0 Å². The second-order valence-corrected chi connectivity index (χ2v) is 14.6. The number of rotatable bonds is 13. The molecule has 3 aromatic carbocycles. The third-order valence-electron chi connectivity index (χ3n) is 7.71. The highest BCUT2D eigenvalue weighted by molar-refractivity contribution is 8.00. The Balaban J connectivity index is 1.35. The van der Waals surface area contributed by atoms with Gasteiger partial charge in [0, 0.05) is 35.8 Å². The first-order chi connectivity index (χ1) is 21.9. The maximum absolute atomic E-state index is 13.9. The molecule has 3 aromatic rings. The zero-order chi connectivity index (χ0) is 33.0. The number of thioether (sulfide) groups is 1. The molecule has 1 saturated heterocycles. The number of hydrogen-bond acceptors (Lipinski definition) is 9. The molecular weight excluding hydrogens is 633 g/mol. The van der Waals surface area contributed by atoms with Gasteiger partial charge in [0.1, 0.15) is 6.04 Å². The van der Waals surface area contributed by atoms with E-state index in [1.165, 1.54) is 45.2 Å². The smallest absolute Gasteiger partial charge is 0.322 e. The van der Waals surface area contributed by atoms with E-state index in [2.05, 4.69) is 16.0 Å². The number of aliphatic hydroxyl groups is 1. The first kappa shape index (κ1) is 33.2. The lowest BCUT2D eigenvalue weighted by Crippen LogP contribution is -2.54. The van der Waals surface area contributed by atoms with Crippen LogP contribution in [0.3, 0.4) is 0 Å². The van der Waals surface area contributed by atoms with Gasteiger partial charge in [0.2, 0.25) is 15.9 Å². The molecule has 0 saturated carbocycles. The molecular formula is C31H36N6O7S2.